The molecule has 55 heavy (non-hydrogen) atoms. The Morgan fingerprint density at radius 3 is 2.33 bits per heavy atom. The van der Waals surface area contributed by atoms with E-state index in [1.807, 2.05) is 0 Å². The molecule has 3 aliphatic heterocycles. The number of aromatic nitrogens is 2. The monoisotopic (exact) mass is 767 g/mol. The van der Waals surface area contributed by atoms with Gasteiger partial charge in [0.15, 0.2) is 5.82 Å². The van der Waals surface area contributed by atoms with Crippen LogP contribution in [0.25, 0.3) is 32.8 Å². The Kier molecular flexibility index (Phi) is 8.03. The fourth-order valence-corrected chi connectivity index (χ4v) is 9.28. The number of phenols is 1. The summed E-state index contributed by atoms with van der Waals surface area (Å²) in [6.45, 7) is 1.69. The third-order valence-corrected chi connectivity index (χ3v) is 12.5. The lowest BCUT2D eigenvalue weighted by molar-refractivity contribution is -0.188. The molecule has 1 N–H and O–H groups in total. The standard InChI is InChI=1S/C40H36F7N5O3/c1-2-22-4-3-5-23-14-26(53)15-27(30(22)23)31-29(41)16-28-33(32(31)42)48-36(49-34(28)51-17-24-6-7-25(18-51)52(24)35(54)40(45,46)47)55-21-37(8-9-37)20-50-12-10-38(11-13-50)19-39(38,43)44/h1,3-5,14-16,24-25,53H,6-13,17-21H2. The molecular weight excluding hydrogens is 731 g/mol. The highest BCUT2D eigenvalue weighted by Crippen LogP contribution is 2.66. The molecule has 0 radical (unpaired) electrons. The molecule has 5 fully saturated rings. The minimum Gasteiger partial charge on any atom is -0.508 e. The van der Waals surface area contributed by atoms with Crippen molar-refractivity contribution in [1.29, 1.82) is 0 Å². The molecule has 2 saturated carbocycles. The average Bonchev–Trinajstić information content (AvgIpc) is 4.00. The van der Waals surface area contributed by atoms with Crippen LogP contribution in [0.5, 0.6) is 11.8 Å². The fraction of sp³-hybridized carbons (Fsp3) is 0.475. The number of carbonyl (C=O) groups excluding carboxylic acids is 1. The van der Waals surface area contributed by atoms with Crippen molar-refractivity contribution in [3.05, 3.63) is 53.6 Å². The smallest absolute Gasteiger partial charge is 0.471 e. The Bertz CT molecular complexity index is 2280. The first-order valence-electron chi connectivity index (χ1n) is 18.4. The van der Waals surface area contributed by atoms with E-state index in [9.17, 15) is 31.9 Å². The number of aromatic hydroxyl groups is 1. The molecule has 288 valence electrons. The Balaban J connectivity index is 1.09. The molecule has 5 aliphatic rings. The second-order valence-electron chi connectivity index (χ2n) is 16.0. The van der Waals surface area contributed by atoms with Gasteiger partial charge in [0.1, 0.15) is 22.9 Å². The van der Waals surface area contributed by atoms with Crippen LogP contribution >= 0.6 is 0 Å². The SMILES string of the molecule is C#Cc1cccc2cc(O)cc(-c3c(F)cc4c(N5CC6CCC(C5)N6C(=O)C(F)(F)F)nc(OCC5(CN6CCC7(CC6)CC7(F)F)CC5)nc4c3F)c12. The number of anilines is 1. The van der Waals surface area contributed by atoms with Crippen molar-refractivity contribution < 1.29 is 45.4 Å². The quantitative estimate of drug-likeness (QED) is 0.155. The number of fused-ring (bicyclic) bond motifs is 4. The van der Waals surface area contributed by atoms with Gasteiger partial charge < -0.3 is 24.5 Å². The minimum absolute atomic E-state index is 0.00962. The molecule has 2 aliphatic carbocycles. The van der Waals surface area contributed by atoms with Gasteiger partial charge in [-0.1, -0.05) is 18.1 Å². The van der Waals surface area contributed by atoms with Crippen LogP contribution in [0.3, 0.4) is 0 Å². The topological polar surface area (TPSA) is 82.0 Å². The van der Waals surface area contributed by atoms with Gasteiger partial charge in [-0.3, -0.25) is 4.79 Å². The van der Waals surface area contributed by atoms with Crippen LogP contribution in [0.2, 0.25) is 0 Å². The fourth-order valence-electron chi connectivity index (χ4n) is 9.28. The van der Waals surface area contributed by atoms with Crippen LogP contribution in [-0.2, 0) is 4.79 Å². The first kappa shape index (κ1) is 35.8. The van der Waals surface area contributed by atoms with Gasteiger partial charge >= 0.3 is 18.1 Å². The van der Waals surface area contributed by atoms with Crippen molar-refractivity contribution in [2.45, 2.75) is 69.1 Å². The van der Waals surface area contributed by atoms with Gasteiger partial charge in [0.05, 0.1) is 24.3 Å². The lowest BCUT2D eigenvalue weighted by atomic mass is 9.92. The summed E-state index contributed by atoms with van der Waals surface area (Å²) in [4.78, 5) is 26.1. The summed E-state index contributed by atoms with van der Waals surface area (Å²) in [6.07, 6.45) is 3.71. The zero-order valence-corrected chi connectivity index (χ0v) is 29.5. The summed E-state index contributed by atoms with van der Waals surface area (Å²) >= 11 is 0. The number of carbonyl (C=O) groups is 1. The summed E-state index contributed by atoms with van der Waals surface area (Å²) in [6, 6.07) is 6.77. The Hall–Kier alpha value is -4.84. The Morgan fingerprint density at radius 2 is 1.71 bits per heavy atom. The predicted molar refractivity (Wildman–Crippen MR) is 189 cm³/mol. The van der Waals surface area contributed by atoms with E-state index in [0.717, 1.165) is 23.8 Å². The van der Waals surface area contributed by atoms with E-state index in [2.05, 4.69) is 20.8 Å². The number of phenolic OH excluding ortho intramolecular Hbond substituents is 1. The maximum Gasteiger partial charge on any atom is 0.471 e. The highest BCUT2D eigenvalue weighted by atomic mass is 19.4. The first-order valence-corrected chi connectivity index (χ1v) is 18.4. The molecule has 2 atom stereocenters. The number of halogens is 7. The summed E-state index contributed by atoms with van der Waals surface area (Å²) < 4.78 is 108. The van der Waals surface area contributed by atoms with Gasteiger partial charge in [0.25, 0.3) is 5.92 Å². The van der Waals surface area contributed by atoms with Crippen molar-refractivity contribution in [1.82, 2.24) is 19.8 Å². The number of piperazine rings is 1. The van der Waals surface area contributed by atoms with Crippen molar-refractivity contribution >= 4 is 33.4 Å². The number of hydrogen-bond acceptors (Lipinski definition) is 7. The third-order valence-electron chi connectivity index (χ3n) is 12.5. The Morgan fingerprint density at radius 1 is 1.02 bits per heavy atom. The number of alkyl halides is 5. The van der Waals surface area contributed by atoms with E-state index in [1.165, 1.54) is 12.1 Å². The molecule has 8 nitrogen and oxygen atoms in total. The van der Waals surface area contributed by atoms with E-state index in [4.69, 9.17) is 11.2 Å². The van der Waals surface area contributed by atoms with Crippen LogP contribution < -0.4 is 9.64 Å². The van der Waals surface area contributed by atoms with E-state index in [-0.39, 0.29) is 65.6 Å². The molecule has 4 heterocycles. The predicted octanol–water partition coefficient (Wildman–Crippen LogP) is 7.44. The first-order chi connectivity index (χ1) is 26.1. The third kappa shape index (κ3) is 5.98. The molecule has 15 heteroatoms. The average molecular weight is 768 g/mol. The molecule has 3 saturated heterocycles. The van der Waals surface area contributed by atoms with E-state index in [0.29, 0.717) is 61.7 Å². The van der Waals surface area contributed by atoms with E-state index < -0.39 is 52.7 Å². The lowest BCUT2D eigenvalue weighted by Gasteiger charge is -2.42. The van der Waals surface area contributed by atoms with Gasteiger partial charge in [0.2, 0.25) is 0 Å². The van der Waals surface area contributed by atoms with Crippen LogP contribution in [0.4, 0.5) is 36.6 Å². The van der Waals surface area contributed by atoms with Crippen LogP contribution in [0, 0.1) is 34.8 Å². The number of nitrogens with zero attached hydrogens (tertiary/aromatic N) is 5. The van der Waals surface area contributed by atoms with Crippen molar-refractivity contribution in [2.24, 2.45) is 10.8 Å². The van der Waals surface area contributed by atoms with E-state index >= 15 is 8.78 Å². The number of likely N-dealkylation sites (tertiary alicyclic amines) is 1. The highest BCUT2D eigenvalue weighted by Gasteiger charge is 2.70. The zero-order valence-electron chi connectivity index (χ0n) is 29.5. The molecule has 1 aromatic heterocycles. The number of benzene rings is 3. The highest BCUT2D eigenvalue weighted by molar-refractivity contribution is 6.04. The largest absolute Gasteiger partial charge is 0.508 e. The molecule has 2 unspecified atom stereocenters. The molecule has 3 aromatic carbocycles. The molecule has 4 aromatic rings. The van der Waals surface area contributed by atoms with E-state index in [1.54, 1.807) is 23.1 Å². The number of hydrogen-bond donors (Lipinski definition) is 1. The van der Waals surface area contributed by atoms with Crippen LogP contribution in [-0.4, -0.2) is 94.3 Å². The molecule has 2 bridgehead atoms. The lowest BCUT2D eigenvalue weighted by Crippen LogP contribution is -2.59. The number of ether oxygens (including phenoxy) is 1. The summed E-state index contributed by atoms with van der Waals surface area (Å²) in [5.74, 6) is -4.30. The maximum absolute atomic E-state index is 17.0. The molecule has 1 spiro atoms. The second kappa shape index (κ2) is 12.3. The van der Waals surface area contributed by atoms with Gasteiger partial charge in [-0.15, -0.1) is 6.42 Å². The Labute approximate surface area is 311 Å². The maximum atomic E-state index is 17.0. The van der Waals surface area contributed by atoms with Gasteiger partial charge in [-0.2, -0.15) is 23.1 Å². The summed E-state index contributed by atoms with van der Waals surface area (Å²) in [5, 5.41) is 11.3. The number of piperidine rings is 1. The minimum atomic E-state index is -5.05. The van der Waals surface area contributed by atoms with Crippen LogP contribution in [0.1, 0.15) is 50.5 Å². The molecule has 9 rings (SSSR count). The summed E-state index contributed by atoms with van der Waals surface area (Å²) in [7, 11) is 0. The van der Waals surface area contributed by atoms with Gasteiger partial charge in [0, 0.05) is 58.8 Å². The number of rotatable bonds is 7. The second-order valence-corrected chi connectivity index (χ2v) is 16.0. The van der Waals surface area contributed by atoms with Gasteiger partial charge in [-0.25, -0.2) is 17.6 Å². The van der Waals surface area contributed by atoms with Crippen molar-refractivity contribution in [2.75, 3.05) is 44.2 Å². The number of amides is 1. The zero-order chi connectivity index (χ0) is 38.7. The molecule has 1 amide bonds. The summed E-state index contributed by atoms with van der Waals surface area (Å²) in [5.41, 5.74) is -1.68. The number of terminal acetylenes is 1. The van der Waals surface area contributed by atoms with Gasteiger partial charge in [-0.05, 0) is 81.3 Å². The van der Waals surface area contributed by atoms with Crippen molar-refractivity contribution in [3.63, 3.8) is 0 Å². The van der Waals surface area contributed by atoms with Crippen molar-refractivity contribution in [3.8, 4) is 35.2 Å². The molecular formula is C40H36F7N5O3. The normalized spacial score (nSPS) is 23.7. The van der Waals surface area contributed by atoms with Crippen LogP contribution in [0.15, 0.2) is 36.4 Å².